The molecule has 2 rings (SSSR count). The van der Waals surface area contributed by atoms with Crippen LogP contribution in [0.2, 0.25) is 10.0 Å². The van der Waals surface area contributed by atoms with Gasteiger partial charge in [-0.15, -0.1) is 11.3 Å². The smallest absolute Gasteiger partial charge is 0.271 e. The third-order valence-corrected chi connectivity index (χ3v) is 4.26. The van der Waals surface area contributed by atoms with Crippen LogP contribution in [0, 0.1) is 0 Å². The van der Waals surface area contributed by atoms with Gasteiger partial charge in [0.2, 0.25) is 0 Å². The van der Waals surface area contributed by atoms with Crippen LogP contribution in [0.3, 0.4) is 0 Å². The molecule has 2 aromatic rings. The van der Waals surface area contributed by atoms with Gasteiger partial charge in [-0.2, -0.15) is 0 Å². The van der Waals surface area contributed by atoms with Gasteiger partial charge in [0.15, 0.2) is 0 Å². The highest BCUT2D eigenvalue weighted by molar-refractivity contribution is 7.13. The molecule has 0 fully saturated rings. The Morgan fingerprint density at radius 1 is 1.18 bits per heavy atom. The SMILES string of the molecule is O=C([O-])NCCNC(=O)c1ncsc1-c1ccc(Cl)c(Cl)c1. The van der Waals surface area contributed by atoms with Crippen LogP contribution in [0.5, 0.6) is 0 Å². The predicted molar refractivity (Wildman–Crippen MR) is 83.3 cm³/mol. The third-order valence-electron chi connectivity index (χ3n) is 2.64. The molecule has 0 unspecified atom stereocenters. The number of carbonyl (C=O) groups excluding carboxylic acids is 2. The van der Waals surface area contributed by atoms with E-state index in [1.165, 1.54) is 11.3 Å². The minimum absolute atomic E-state index is 0.0559. The molecule has 9 heteroatoms. The standard InChI is InChI=1S/C13H11Cl2N3O3S/c14-8-2-1-7(5-9(8)15)11-10(18-6-22-11)12(19)16-3-4-17-13(20)21/h1-2,5-6,17H,3-4H2,(H,16,19)(H,20,21)/p-1. The van der Waals surface area contributed by atoms with Crippen molar-refractivity contribution in [1.82, 2.24) is 15.6 Å². The number of carbonyl (C=O) groups is 2. The summed E-state index contributed by atoms with van der Waals surface area (Å²) in [6, 6.07) is 5.05. The van der Waals surface area contributed by atoms with Crippen molar-refractivity contribution in [2.75, 3.05) is 13.1 Å². The normalized spacial score (nSPS) is 10.3. The summed E-state index contributed by atoms with van der Waals surface area (Å²) >= 11 is 13.1. The fourth-order valence-corrected chi connectivity index (χ4v) is 2.76. The summed E-state index contributed by atoms with van der Waals surface area (Å²) < 4.78 is 0. The van der Waals surface area contributed by atoms with Crippen LogP contribution in [0.1, 0.15) is 10.5 Å². The maximum atomic E-state index is 12.1. The highest BCUT2D eigenvalue weighted by atomic mass is 35.5. The van der Waals surface area contributed by atoms with Crippen LogP contribution in [0.4, 0.5) is 4.79 Å². The zero-order valence-electron chi connectivity index (χ0n) is 11.1. The molecule has 0 atom stereocenters. The summed E-state index contributed by atoms with van der Waals surface area (Å²) in [5.41, 5.74) is 2.53. The molecule has 1 aromatic heterocycles. The quantitative estimate of drug-likeness (QED) is 0.796. The molecule has 2 N–H and O–H groups in total. The zero-order chi connectivity index (χ0) is 16.1. The van der Waals surface area contributed by atoms with Crippen molar-refractivity contribution in [3.8, 4) is 10.4 Å². The van der Waals surface area contributed by atoms with E-state index in [0.29, 0.717) is 14.9 Å². The summed E-state index contributed by atoms with van der Waals surface area (Å²) in [5, 5.41) is 15.6. The average Bonchev–Trinajstić information content (AvgIpc) is 2.95. The number of carboxylic acid groups (broad SMARTS) is 1. The van der Waals surface area contributed by atoms with Crippen LogP contribution < -0.4 is 15.7 Å². The first-order chi connectivity index (χ1) is 10.5. The first-order valence-electron chi connectivity index (χ1n) is 6.11. The molecule has 0 aliphatic carbocycles. The Labute approximate surface area is 140 Å². The van der Waals surface area contributed by atoms with E-state index in [-0.39, 0.29) is 18.8 Å². The minimum atomic E-state index is -1.39. The molecule has 0 aliphatic heterocycles. The van der Waals surface area contributed by atoms with Crippen molar-refractivity contribution in [1.29, 1.82) is 0 Å². The lowest BCUT2D eigenvalue weighted by Crippen LogP contribution is -2.41. The molecule has 22 heavy (non-hydrogen) atoms. The Morgan fingerprint density at radius 3 is 2.59 bits per heavy atom. The van der Waals surface area contributed by atoms with E-state index in [1.807, 2.05) is 5.32 Å². The summed E-state index contributed by atoms with van der Waals surface area (Å²) in [6.07, 6.45) is -1.39. The topological polar surface area (TPSA) is 94.1 Å². The molecular formula is C13H10Cl2N3O3S-. The Morgan fingerprint density at radius 2 is 1.91 bits per heavy atom. The van der Waals surface area contributed by atoms with Crippen LogP contribution in [0.25, 0.3) is 10.4 Å². The lowest BCUT2D eigenvalue weighted by atomic mass is 10.1. The van der Waals surface area contributed by atoms with Gasteiger partial charge < -0.3 is 20.5 Å². The molecule has 1 heterocycles. The maximum absolute atomic E-state index is 12.1. The van der Waals surface area contributed by atoms with Crippen LogP contribution >= 0.6 is 34.5 Å². The van der Waals surface area contributed by atoms with E-state index in [1.54, 1.807) is 23.7 Å². The highest BCUT2D eigenvalue weighted by Crippen LogP contribution is 2.32. The molecule has 0 saturated carbocycles. The number of nitrogens with one attached hydrogen (secondary N) is 2. The summed E-state index contributed by atoms with van der Waals surface area (Å²) in [4.78, 5) is 27.0. The fourth-order valence-electron chi connectivity index (χ4n) is 1.67. The lowest BCUT2D eigenvalue weighted by Gasteiger charge is -2.08. The second-order valence-corrected chi connectivity index (χ2v) is 5.80. The Hall–Kier alpha value is -1.83. The molecule has 116 valence electrons. The molecule has 0 aliphatic rings. The second-order valence-electron chi connectivity index (χ2n) is 4.13. The number of rotatable bonds is 5. The van der Waals surface area contributed by atoms with Crippen molar-refractivity contribution in [2.24, 2.45) is 0 Å². The van der Waals surface area contributed by atoms with Gasteiger partial charge in [-0.1, -0.05) is 29.3 Å². The van der Waals surface area contributed by atoms with E-state index in [9.17, 15) is 14.7 Å². The first kappa shape index (κ1) is 16.5. The Bertz CT molecular complexity index is 706. The largest absolute Gasteiger partial charge is 0.530 e. The van der Waals surface area contributed by atoms with Crippen LogP contribution in [0.15, 0.2) is 23.7 Å². The fraction of sp³-hybridized carbons (Fsp3) is 0.154. The first-order valence-corrected chi connectivity index (χ1v) is 7.74. The van der Waals surface area contributed by atoms with Gasteiger partial charge in [-0.05, 0) is 17.7 Å². The van der Waals surface area contributed by atoms with Gasteiger partial charge in [-0.25, -0.2) is 4.98 Å². The average molecular weight is 359 g/mol. The van der Waals surface area contributed by atoms with Crippen molar-refractivity contribution in [3.05, 3.63) is 39.4 Å². The van der Waals surface area contributed by atoms with Gasteiger partial charge in [0.05, 0.1) is 20.4 Å². The molecule has 1 aromatic carbocycles. The monoisotopic (exact) mass is 358 g/mol. The van der Waals surface area contributed by atoms with E-state index < -0.39 is 12.0 Å². The van der Waals surface area contributed by atoms with Crippen molar-refractivity contribution < 1.29 is 14.7 Å². The number of amides is 2. The van der Waals surface area contributed by atoms with Crippen molar-refractivity contribution in [3.63, 3.8) is 0 Å². The van der Waals surface area contributed by atoms with E-state index >= 15 is 0 Å². The van der Waals surface area contributed by atoms with Crippen LogP contribution in [-0.2, 0) is 0 Å². The molecule has 2 amide bonds. The highest BCUT2D eigenvalue weighted by Gasteiger charge is 2.16. The number of hydrogen-bond acceptors (Lipinski definition) is 5. The summed E-state index contributed by atoms with van der Waals surface area (Å²) in [5.74, 6) is -0.400. The number of hydrogen-bond donors (Lipinski definition) is 2. The third kappa shape index (κ3) is 4.09. The van der Waals surface area contributed by atoms with Gasteiger partial charge in [0, 0.05) is 13.1 Å². The van der Waals surface area contributed by atoms with Gasteiger partial charge in [0.1, 0.15) is 11.8 Å². The summed E-state index contributed by atoms with van der Waals surface area (Å²) in [6.45, 7) is 0.186. The minimum Gasteiger partial charge on any atom is -0.530 e. The molecule has 0 spiro atoms. The van der Waals surface area contributed by atoms with Gasteiger partial charge in [-0.3, -0.25) is 4.79 Å². The number of aromatic nitrogens is 1. The van der Waals surface area contributed by atoms with Gasteiger partial charge >= 0.3 is 0 Å². The Balaban J connectivity index is 2.10. The van der Waals surface area contributed by atoms with Crippen LogP contribution in [-0.4, -0.2) is 30.1 Å². The number of halogens is 2. The molecular weight excluding hydrogens is 349 g/mol. The molecule has 0 saturated heterocycles. The Kier molecular flexibility index (Phi) is 5.59. The molecule has 0 radical (unpaired) electrons. The summed E-state index contributed by atoms with van der Waals surface area (Å²) in [7, 11) is 0. The van der Waals surface area contributed by atoms with Gasteiger partial charge in [0.25, 0.3) is 5.91 Å². The second kappa shape index (κ2) is 7.44. The number of nitrogens with zero attached hydrogens (tertiary/aromatic N) is 1. The number of benzene rings is 1. The number of thiazole rings is 1. The van der Waals surface area contributed by atoms with Crippen molar-refractivity contribution in [2.45, 2.75) is 0 Å². The molecule has 0 bridgehead atoms. The lowest BCUT2D eigenvalue weighted by molar-refractivity contribution is -0.250. The van der Waals surface area contributed by atoms with E-state index in [2.05, 4.69) is 10.3 Å². The molecule has 6 nitrogen and oxygen atoms in total. The zero-order valence-corrected chi connectivity index (χ0v) is 13.4. The maximum Gasteiger partial charge on any atom is 0.271 e. The van der Waals surface area contributed by atoms with E-state index in [0.717, 1.165) is 5.56 Å². The van der Waals surface area contributed by atoms with E-state index in [4.69, 9.17) is 23.2 Å². The predicted octanol–water partition coefficient (Wildman–Crippen LogP) is 1.78. The van der Waals surface area contributed by atoms with Crippen molar-refractivity contribution >= 4 is 46.5 Å².